The zero-order chi connectivity index (χ0) is 13.5. The molecule has 0 aliphatic rings. The van der Waals surface area contributed by atoms with E-state index in [1.165, 1.54) is 0 Å². The molecule has 0 aliphatic carbocycles. The quantitative estimate of drug-likeness (QED) is 0.593. The number of carbonyl (C=O) groups is 2. The number of carboxylic acid groups (broad SMARTS) is 1. The van der Waals surface area contributed by atoms with Crippen molar-refractivity contribution >= 4 is 11.9 Å². The summed E-state index contributed by atoms with van der Waals surface area (Å²) in [5.41, 5.74) is 5.06. The average Bonchev–Trinajstić information content (AvgIpc) is 2.32. The summed E-state index contributed by atoms with van der Waals surface area (Å²) in [4.78, 5) is 22.3. The first-order valence-corrected chi connectivity index (χ1v) is 6.06. The summed E-state index contributed by atoms with van der Waals surface area (Å²) >= 11 is 0. The van der Waals surface area contributed by atoms with Crippen LogP contribution in [0.25, 0.3) is 0 Å². The molecule has 2 unspecified atom stereocenters. The Balaban J connectivity index is 4.02. The molecule has 0 radical (unpaired) electrons. The van der Waals surface area contributed by atoms with Gasteiger partial charge >= 0.3 is 5.97 Å². The number of carboxylic acids is 1. The van der Waals surface area contributed by atoms with Gasteiger partial charge in [0.1, 0.15) is 0 Å². The van der Waals surface area contributed by atoms with Crippen LogP contribution < -0.4 is 11.1 Å². The summed E-state index contributed by atoms with van der Waals surface area (Å²) in [7, 11) is 0. The van der Waals surface area contributed by atoms with Crippen LogP contribution in [0.3, 0.4) is 0 Å². The van der Waals surface area contributed by atoms with Gasteiger partial charge in [-0.1, -0.05) is 13.8 Å². The van der Waals surface area contributed by atoms with Crippen molar-refractivity contribution in [1.29, 1.82) is 0 Å². The highest BCUT2D eigenvalue weighted by Gasteiger charge is 2.29. The van der Waals surface area contributed by atoms with E-state index in [1.807, 2.05) is 20.8 Å². The van der Waals surface area contributed by atoms with Gasteiger partial charge in [-0.15, -0.1) is 0 Å². The molecule has 5 nitrogen and oxygen atoms in total. The van der Waals surface area contributed by atoms with Crippen molar-refractivity contribution in [1.82, 2.24) is 5.32 Å². The first-order valence-electron chi connectivity index (χ1n) is 6.06. The van der Waals surface area contributed by atoms with Crippen molar-refractivity contribution in [3.05, 3.63) is 0 Å². The molecule has 0 aromatic heterocycles. The summed E-state index contributed by atoms with van der Waals surface area (Å²) in [5, 5.41) is 11.4. The van der Waals surface area contributed by atoms with Crippen molar-refractivity contribution in [3.63, 3.8) is 0 Å². The lowest BCUT2D eigenvalue weighted by Gasteiger charge is -2.25. The van der Waals surface area contributed by atoms with Crippen molar-refractivity contribution in [2.24, 2.45) is 17.1 Å². The molecule has 0 aromatic rings. The van der Waals surface area contributed by atoms with Crippen LogP contribution in [0, 0.1) is 11.3 Å². The van der Waals surface area contributed by atoms with E-state index in [4.69, 9.17) is 10.8 Å². The zero-order valence-electron chi connectivity index (χ0n) is 11.0. The maximum absolute atomic E-state index is 11.9. The monoisotopic (exact) mass is 244 g/mol. The Hall–Kier alpha value is -1.10. The highest BCUT2D eigenvalue weighted by Crippen LogP contribution is 2.19. The lowest BCUT2D eigenvalue weighted by atomic mass is 9.86. The van der Waals surface area contributed by atoms with E-state index in [1.54, 1.807) is 0 Å². The average molecular weight is 244 g/mol. The molecule has 17 heavy (non-hydrogen) atoms. The van der Waals surface area contributed by atoms with Crippen LogP contribution in [0.5, 0.6) is 0 Å². The number of amides is 1. The molecule has 1 amide bonds. The predicted molar refractivity (Wildman–Crippen MR) is 66.5 cm³/mol. The third-order valence-corrected chi connectivity index (χ3v) is 3.24. The molecule has 0 bridgehead atoms. The molecule has 0 fully saturated rings. The van der Waals surface area contributed by atoms with Gasteiger partial charge in [0.25, 0.3) is 0 Å². The van der Waals surface area contributed by atoms with Gasteiger partial charge in [-0.25, -0.2) is 0 Å². The molecule has 0 aromatic carbocycles. The second kappa shape index (κ2) is 7.27. The van der Waals surface area contributed by atoms with Crippen LogP contribution >= 0.6 is 0 Å². The zero-order valence-corrected chi connectivity index (χ0v) is 11.0. The normalized spacial score (nSPS) is 16.0. The number of rotatable bonds is 8. The molecule has 0 heterocycles. The Labute approximate surface area is 103 Å². The van der Waals surface area contributed by atoms with Gasteiger partial charge in [-0.05, 0) is 25.7 Å². The van der Waals surface area contributed by atoms with E-state index in [0.29, 0.717) is 25.9 Å². The summed E-state index contributed by atoms with van der Waals surface area (Å²) in [6.45, 7) is 6.51. The van der Waals surface area contributed by atoms with Crippen molar-refractivity contribution < 1.29 is 14.7 Å². The minimum Gasteiger partial charge on any atom is -0.481 e. The van der Waals surface area contributed by atoms with Crippen LogP contribution in [-0.4, -0.2) is 30.1 Å². The Morgan fingerprint density at radius 3 is 2.47 bits per heavy atom. The van der Waals surface area contributed by atoms with Crippen LogP contribution in [0.4, 0.5) is 0 Å². The fraction of sp³-hybridized carbons (Fsp3) is 0.833. The second-order valence-corrected chi connectivity index (χ2v) is 4.87. The van der Waals surface area contributed by atoms with Gasteiger partial charge in [-0.3, -0.25) is 9.59 Å². The third kappa shape index (κ3) is 5.68. The minimum absolute atomic E-state index is 0.0512. The summed E-state index contributed by atoms with van der Waals surface area (Å²) in [6.07, 6.45) is 1.40. The van der Waals surface area contributed by atoms with Gasteiger partial charge in [0.15, 0.2) is 0 Å². The van der Waals surface area contributed by atoms with Crippen LogP contribution in [0.1, 0.15) is 40.0 Å². The van der Waals surface area contributed by atoms with Gasteiger partial charge in [-0.2, -0.15) is 0 Å². The number of hydrogen-bond donors (Lipinski definition) is 3. The summed E-state index contributed by atoms with van der Waals surface area (Å²) in [5.74, 6) is -0.692. The van der Waals surface area contributed by atoms with Crippen molar-refractivity contribution in [2.45, 2.75) is 40.0 Å². The summed E-state index contributed by atoms with van der Waals surface area (Å²) in [6, 6.07) is 0. The first-order chi connectivity index (χ1) is 7.85. The maximum Gasteiger partial charge on any atom is 0.303 e. The fourth-order valence-electron chi connectivity index (χ4n) is 1.35. The highest BCUT2D eigenvalue weighted by molar-refractivity contribution is 5.82. The maximum atomic E-state index is 11.9. The van der Waals surface area contributed by atoms with Gasteiger partial charge in [0.2, 0.25) is 5.91 Å². The lowest BCUT2D eigenvalue weighted by Crippen LogP contribution is -2.44. The van der Waals surface area contributed by atoms with Crippen molar-refractivity contribution in [3.8, 4) is 0 Å². The van der Waals surface area contributed by atoms with Crippen LogP contribution in [0.2, 0.25) is 0 Å². The predicted octanol–water partition coefficient (Wildman–Crippen LogP) is 0.979. The molecule has 0 spiro atoms. The number of nitrogens with two attached hydrogens (primary N) is 1. The smallest absolute Gasteiger partial charge is 0.303 e. The van der Waals surface area contributed by atoms with E-state index in [9.17, 15) is 9.59 Å². The Morgan fingerprint density at radius 1 is 1.47 bits per heavy atom. The number of hydrogen-bond acceptors (Lipinski definition) is 3. The van der Waals surface area contributed by atoms with Crippen molar-refractivity contribution in [2.75, 3.05) is 13.1 Å². The molecule has 5 heteroatoms. The number of carbonyl (C=O) groups excluding carboxylic acids is 1. The Bertz CT molecular complexity index is 262. The van der Waals surface area contributed by atoms with E-state index < -0.39 is 11.4 Å². The standard InChI is InChI=1S/C12H24N2O3/c1-4-12(3,8-13)11(17)14-7-9(2)5-6-10(15)16/h9H,4-8,13H2,1-3H3,(H,14,17)(H,15,16). The number of aliphatic carboxylic acids is 1. The Morgan fingerprint density at radius 2 is 2.06 bits per heavy atom. The molecule has 0 aliphatic heterocycles. The first kappa shape index (κ1) is 15.9. The minimum atomic E-state index is -0.802. The van der Waals surface area contributed by atoms with Crippen LogP contribution in [0.15, 0.2) is 0 Å². The van der Waals surface area contributed by atoms with E-state index in [2.05, 4.69) is 5.32 Å². The Kier molecular flexibility index (Phi) is 6.80. The van der Waals surface area contributed by atoms with E-state index in [-0.39, 0.29) is 18.2 Å². The second-order valence-electron chi connectivity index (χ2n) is 4.87. The highest BCUT2D eigenvalue weighted by atomic mass is 16.4. The topological polar surface area (TPSA) is 92.4 Å². The summed E-state index contributed by atoms with van der Waals surface area (Å²) < 4.78 is 0. The molecule has 0 saturated heterocycles. The lowest BCUT2D eigenvalue weighted by molar-refractivity contribution is -0.137. The molecule has 2 atom stereocenters. The van der Waals surface area contributed by atoms with E-state index in [0.717, 1.165) is 0 Å². The molecule has 4 N–H and O–H groups in total. The van der Waals surface area contributed by atoms with Crippen LogP contribution in [-0.2, 0) is 9.59 Å². The number of nitrogens with one attached hydrogen (secondary N) is 1. The molecular formula is C12H24N2O3. The SMILES string of the molecule is CCC(C)(CN)C(=O)NCC(C)CCC(=O)O. The van der Waals surface area contributed by atoms with E-state index >= 15 is 0 Å². The molecule has 100 valence electrons. The molecular weight excluding hydrogens is 220 g/mol. The molecule has 0 saturated carbocycles. The van der Waals surface area contributed by atoms with Gasteiger partial charge in [0, 0.05) is 19.5 Å². The fourth-order valence-corrected chi connectivity index (χ4v) is 1.35. The van der Waals surface area contributed by atoms with Gasteiger partial charge < -0.3 is 16.2 Å². The third-order valence-electron chi connectivity index (χ3n) is 3.24. The largest absolute Gasteiger partial charge is 0.481 e. The van der Waals surface area contributed by atoms with Gasteiger partial charge in [0.05, 0.1) is 5.41 Å². The molecule has 0 rings (SSSR count).